The van der Waals surface area contributed by atoms with Gasteiger partial charge in [-0.05, 0) is 55.7 Å². The molecule has 0 spiro atoms. The minimum absolute atomic E-state index is 0.0415. The molecule has 2 aliphatic carbocycles. The highest BCUT2D eigenvalue weighted by Gasteiger charge is 2.56. The SMILES string of the molecule is CC(C)(C)C(=O)NCC(O)C(O)C[C@@]1(O)C2CC[C@H]1C[C@H](S(=O)(=O)c1cc(C(=O)Nc3cc(F)c(F)c(F)c3)ccc1Cl)C2. The molecule has 2 aromatic carbocycles. The first kappa shape index (κ1) is 34.2. The fourth-order valence-corrected chi connectivity index (χ4v) is 8.54. The van der Waals surface area contributed by atoms with Crippen molar-refractivity contribution in [2.24, 2.45) is 17.3 Å². The number of hydrogen-bond acceptors (Lipinski definition) is 7. The van der Waals surface area contributed by atoms with E-state index in [-0.39, 0.29) is 52.9 Å². The molecule has 0 heterocycles. The molecule has 5 N–H and O–H groups in total. The van der Waals surface area contributed by atoms with Crippen molar-refractivity contribution in [2.75, 3.05) is 11.9 Å². The van der Waals surface area contributed by atoms with E-state index in [2.05, 4.69) is 10.6 Å². The second kappa shape index (κ2) is 12.6. The molecule has 242 valence electrons. The van der Waals surface area contributed by atoms with Gasteiger partial charge in [-0.3, -0.25) is 9.59 Å². The Morgan fingerprint density at radius 3 is 2.14 bits per heavy atom. The summed E-state index contributed by atoms with van der Waals surface area (Å²) in [5.74, 6) is -6.98. The molecule has 2 aromatic rings. The van der Waals surface area contributed by atoms with Crippen molar-refractivity contribution < 1.29 is 46.5 Å². The van der Waals surface area contributed by atoms with Gasteiger partial charge in [0, 0.05) is 41.8 Å². The van der Waals surface area contributed by atoms with Crippen LogP contribution in [0.5, 0.6) is 0 Å². The molecule has 2 bridgehead atoms. The standard InChI is InChI=1S/C30H36ClF3N2O7S/c1-29(2,3)28(40)35-14-24(38)23(37)13-30(41)16-5-6-17(30)10-19(9-16)44(42,43)25-8-15(4-7-20(25)31)27(39)36-18-11-21(32)26(34)22(33)12-18/h4,7-8,11-12,16-17,19,23-24,37-38,41H,5-6,9-10,13-14H2,1-3H3,(H,35,40)(H,36,39)/t16-,17?,19-,23?,24?,30-/m0/s1. The monoisotopic (exact) mass is 660 g/mol. The van der Waals surface area contributed by atoms with E-state index in [1.165, 1.54) is 12.1 Å². The molecule has 2 aliphatic rings. The number of halogens is 4. The molecule has 2 saturated carbocycles. The third-order valence-electron chi connectivity index (χ3n) is 8.69. The Kier molecular flexibility index (Phi) is 9.78. The predicted octanol–water partition coefficient (Wildman–Crippen LogP) is 3.98. The first-order valence-corrected chi connectivity index (χ1v) is 16.1. The zero-order valence-corrected chi connectivity index (χ0v) is 26.0. The van der Waals surface area contributed by atoms with Gasteiger partial charge in [-0.2, -0.15) is 0 Å². The van der Waals surface area contributed by atoms with Crippen molar-refractivity contribution in [3.63, 3.8) is 0 Å². The summed E-state index contributed by atoms with van der Waals surface area (Å²) < 4.78 is 68.0. The molecule has 2 fully saturated rings. The van der Waals surface area contributed by atoms with Crippen molar-refractivity contribution in [1.82, 2.24) is 5.32 Å². The van der Waals surface area contributed by atoms with E-state index in [4.69, 9.17) is 11.6 Å². The van der Waals surface area contributed by atoms with Gasteiger partial charge in [-0.25, -0.2) is 21.6 Å². The van der Waals surface area contributed by atoms with E-state index in [0.29, 0.717) is 25.0 Å². The molecule has 44 heavy (non-hydrogen) atoms. The van der Waals surface area contributed by atoms with Gasteiger partial charge < -0.3 is 26.0 Å². The number of aliphatic hydroxyl groups excluding tert-OH is 2. The molecule has 2 amide bonds. The first-order chi connectivity index (χ1) is 20.3. The van der Waals surface area contributed by atoms with Gasteiger partial charge in [-0.15, -0.1) is 0 Å². The number of carbonyl (C=O) groups excluding carboxylic acids is 2. The Morgan fingerprint density at radius 1 is 1.02 bits per heavy atom. The quantitative estimate of drug-likeness (QED) is 0.255. The molecule has 4 rings (SSSR count). The smallest absolute Gasteiger partial charge is 0.255 e. The van der Waals surface area contributed by atoms with Crippen LogP contribution in [0.3, 0.4) is 0 Å². The lowest BCUT2D eigenvalue weighted by molar-refractivity contribution is -0.130. The van der Waals surface area contributed by atoms with Crippen LogP contribution in [0.15, 0.2) is 35.2 Å². The highest BCUT2D eigenvalue weighted by atomic mass is 35.5. The number of hydrogen-bond donors (Lipinski definition) is 5. The van der Waals surface area contributed by atoms with E-state index in [9.17, 15) is 46.5 Å². The van der Waals surface area contributed by atoms with Crippen LogP contribution in [0, 0.1) is 34.7 Å². The van der Waals surface area contributed by atoms with E-state index in [1.54, 1.807) is 20.8 Å². The summed E-state index contributed by atoms with van der Waals surface area (Å²) >= 11 is 6.26. The van der Waals surface area contributed by atoms with Crippen molar-refractivity contribution in [2.45, 2.75) is 80.8 Å². The summed E-state index contributed by atoms with van der Waals surface area (Å²) in [4.78, 5) is 24.6. The normalized spacial score (nSPS) is 24.9. The lowest BCUT2D eigenvalue weighted by Gasteiger charge is -2.44. The lowest BCUT2D eigenvalue weighted by Crippen LogP contribution is -2.52. The van der Waals surface area contributed by atoms with Gasteiger partial charge in [-0.1, -0.05) is 32.4 Å². The molecule has 0 saturated heterocycles. The maximum atomic E-state index is 13.8. The Bertz CT molecular complexity index is 1510. The first-order valence-electron chi connectivity index (χ1n) is 14.2. The van der Waals surface area contributed by atoms with E-state index in [0.717, 1.165) is 6.07 Å². The van der Waals surface area contributed by atoms with Crippen molar-refractivity contribution in [1.29, 1.82) is 0 Å². The number of aliphatic hydroxyl groups is 3. The average molecular weight is 661 g/mol. The van der Waals surface area contributed by atoms with Crippen molar-refractivity contribution >= 4 is 38.9 Å². The van der Waals surface area contributed by atoms with E-state index >= 15 is 0 Å². The second-order valence-corrected chi connectivity index (χ2v) is 15.4. The number of carbonyl (C=O) groups is 2. The third-order valence-corrected chi connectivity index (χ3v) is 11.3. The van der Waals surface area contributed by atoms with Crippen LogP contribution in [0.1, 0.15) is 63.2 Å². The molecule has 14 heteroatoms. The largest absolute Gasteiger partial charge is 0.390 e. The Balaban J connectivity index is 1.47. The van der Waals surface area contributed by atoms with Crippen LogP contribution in [-0.2, 0) is 14.6 Å². The molecule has 0 aromatic heterocycles. The maximum Gasteiger partial charge on any atom is 0.255 e. The summed E-state index contributed by atoms with van der Waals surface area (Å²) in [5, 5.41) is 36.4. The molecule has 3 unspecified atom stereocenters. The minimum atomic E-state index is -4.15. The van der Waals surface area contributed by atoms with Gasteiger partial charge in [0.1, 0.15) is 0 Å². The lowest BCUT2D eigenvalue weighted by atomic mass is 9.71. The summed E-state index contributed by atoms with van der Waals surface area (Å²) in [6.45, 7) is 4.89. The number of amides is 2. The van der Waals surface area contributed by atoms with Crippen LogP contribution in [0.25, 0.3) is 0 Å². The number of sulfone groups is 1. The van der Waals surface area contributed by atoms with Crippen LogP contribution < -0.4 is 10.6 Å². The van der Waals surface area contributed by atoms with Gasteiger partial charge in [0.25, 0.3) is 5.91 Å². The summed E-state index contributed by atoms with van der Waals surface area (Å²) in [7, 11) is -4.15. The van der Waals surface area contributed by atoms with Crippen molar-refractivity contribution in [3.8, 4) is 0 Å². The van der Waals surface area contributed by atoms with Crippen LogP contribution >= 0.6 is 11.6 Å². The fourth-order valence-electron chi connectivity index (χ4n) is 6.14. The van der Waals surface area contributed by atoms with Crippen LogP contribution in [0.4, 0.5) is 18.9 Å². The topological polar surface area (TPSA) is 153 Å². The zero-order chi connectivity index (χ0) is 32.8. The number of benzene rings is 2. The highest BCUT2D eigenvalue weighted by molar-refractivity contribution is 7.92. The average Bonchev–Trinajstić information content (AvgIpc) is 3.09. The Morgan fingerprint density at radius 2 is 1.59 bits per heavy atom. The van der Waals surface area contributed by atoms with Gasteiger partial charge >= 0.3 is 0 Å². The number of nitrogens with one attached hydrogen (secondary N) is 2. The summed E-state index contributed by atoms with van der Waals surface area (Å²) in [6.07, 6.45) is -1.84. The fraction of sp³-hybridized carbons (Fsp3) is 0.533. The highest BCUT2D eigenvalue weighted by Crippen LogP contribution is 2.54. The van der Waals surface area contributed by atoms with Gasteiger partial charge in [0.05, 0.1) is 33.0 Å². The minimum Gasteiger partial charge on any atom is -0.390 e. The van der Waals surface area contributed by atoms with Crippen LogP contribution in [-0.4, -0.2) is 65.2 Å². The third kappa shape index (κ3) is 6.91. The molecular weight excluding hydrogens is 625 g/mol. The second-order valence-electron chi connectivity index (χ2n) is 12.8. The Labute approximate surface area is 258 Å². The number of rotatable bonds is 9. The molecule has 0 aliphatic heterocycles. The summed E-state index contributed by atoms with van der Waals surface area (Å²) in [6, 6.07) is 4.66. The van der Waals surface area contributed by atoms with Gasteiger partial charge in [0.15, 0.2) is 27.3 Å². The van der Waals surface area contributed by atoms with Gasteiger partial charge in [0.2, 0.25) is 5.91 Å². The molecule has 6 atom stereocenters. The van der Waals surface area contributed by atoms with E-state index < -0.39 is 73.5 Å². The number of anilines is 1. The van der Waals surface area contributed by atoms with Crippen LogP contribution in [0.2, 0.25) is 5.02 Å². The maximum absolute atomic E-state index is 13.8. The summed E-state index contributed by atoms with van der Waals surface area (Å²) in [5.41, 5.74) is -2.69. The molecular formula is C30H36ClF3N2O7S. The number of fused-ring (bicyclic) bond motifs is 2. The molecule has 9 nitrogen and oxygen atoms in total. The molecule has 0 radical (unpaired) electrons. The Hall–Kier alpha value is -2.71. The predicted molar refractivity (Wildman–Crippen MR) is 156 cm³/mol. The zero-order valence-electron chi connectivity index (χ0n) is 24.4. The van der Waals surface area contributed by atoms with Crippen molar-refractivity contribution in [3.05, 3.63) is 58.4 Å². The van der Waals surface area contributed by atoms with E-state index in [1.807, 2.05) is 0 Å².